The Balaban J connectivity index is 1.83. The molecule has 2 aromatic carbocycles. The molecule has 7 nitrogen and oxygen atoms in total. The first-order valence-electron chi connectivity index (χ1n) is 9.00. The number of benzene rings is 2. The summed E-state index contributed by atoms with van der Waals surface area (Å²) in [6, 6.07) is 7.13. The molecule has 32 heavy (non-hydrogen) atoms. The normalized spacial score (nSPS) is 14.8. The van der Waals surface area contributed by atoms with E-state index in [0.29, 0.717) is 26.2 Å². The molecule has 3 rings (SSSR count). The van der Waals surface area contributed by atoms with Crippen LogP contribution in [0.15, 0.2) is 35.2 Å². The van der Waals surface area contributed by atoms with Gasteiger partial charge in [0.15, 0.2) is 18.1 Å². The molecule has 2 amide bonds. The number of hydrogen-bond acceptors (Lipinski definition) is 7. The molecule has 0 saturated carbocycles. The van der Waals surface area contributed by atoms with Crippen LogP contribution in [0.25, 0.3) is 6.08 Å². The van der Waals surface area contributed by atoms with E-state index in [1.165, 1.54) is 26.4 Å². The fraction of sp³-hybridized carbons (Fsp3) is 0.190. The van der Waals surface area contributed by atoms with E-state index in [1.54, 1.807) is 18.2 Å². The maximum absolute atomic E-state index is 13.3. The van der Waals surface area contributed by atoms with Crippen molar-refractivity contribution in [2.24, 2.45) is 0 Å². The standard InChI is InChI=1S/C21H16ClFINO6S/c1-29-16-6-11(5-15(24)19(16)31-10-18(26)30-2)7-17-20(27)25(21(28)32-17)9-12-3-4-13(23)8-14(12)22/h3-8H,9-10H2,1-2H3/b17-7-. The van der Waals surface area contributed by atoms with E-state index in [-0.39, 0.29) is 23.1 Å². The highest BCUT2D eigenvalue weighted by Gasteiger charge is 2.35. The first-order valence-corrected chi connectivity index (χ1v) is 11.3. The SMILES string of the molecule is COC(=O)COc1c(I)cc(/C=C2\SC(=O)N(Cc3ccc(F)cc3Cl)C2=O)cc1OC. The molecular weight excluding hydrogens is 576 g/mol. The van der Waals surface area contributed by atoms with Gasteiger partial charge in [-0.3, -0.25) is 14.5 Å². The smallest absolute Gasteiger partial charge is 0.343 e. The number of ether oxygens (including phenoxy) is 3. The fourth-order valence-electron chi connectivity index (χ4n) is 2.76. The lowest BCUT2D eigenvalue weighted by Gasteiger charge is -2.14. The van der Waals surface area contributed by atoms with Crippen LogP contribution in [0.3, 0.4) is 0 Å². The molecular formula is C21H16ClFINO6S. The van der Waals surface area contributed by atoms with Crippen molar-refractivity contribution in [3.63, 3.8) is 0 Å². The minimum Gasteiger partial charge on any atom is -0.493 e. The third kappa shape index (κ3) is 5.54. The van der Waals surface area contributed by atoms with Crippen LogP contribution < -0.4 is 9.47 Å². The number of halogens is 3. The largest absolute Gasteiger partial charge is 0.493 e. The second kappa shape index (κ2) is 10.5. The average Bonchev–Trinajstić information content (AvgIpc) is 3.01. The van der Waals surface area contributed by atoms with E-state index in [9.17, 15) is 18.8 Å². The summed E-state index contributed by atoms with van der Waals surface area (Å²) >= 11 is 8.83. The van der Waals surface area contributed by atoms with Crippen LogP contribution in [0.4, 0.5) is 9.18 Å². The molecule has 2 aromatic rings. The fourth-order valence-corrected chi connectivity index (χ4v) is 4.61. The summed E-state index contributed by atoms with van der Waals surface area (Å²) in [5.41, 5.74) is 1.06. The summed E-state index contributed by atoms with van der Waals surface area (Å²) in [4.78, 5) is 37.8. The Labute approximate surface area is 206 Å². The van der Waals surface area contributed by atoms with Crippen molar-refractivity contribution in [2.75, 3.05) is 20.8 Å². The predicted octanol–water partition coefficient (Wildman–Crippen LogP) is 4.88. The molecule has 0 unspecified atom stereocenters. The Morgan fingerprint density at radius 3 is 2.66 bits per heavy atom. The molecule has 0 aliphatic carbocycles. The number of hydrogen-bond donors (Lipinski definition) is 0. The van der Waals surface area contributed by atoms with Gasteiger partial charge < -0.3 is 14.2 Å². The van der Waals surface area contributed by atoms with Crippen molar-refractivity contribution >= 4 is 69.1 Å². The molecule has 1 aliphatic heterocycles. The molecule has 11 heteroatoms. The van der Waals surface area contributed by atoms with Gasteiger partial charge in [0, 0.05) is 5.02 Å². The van der Waals surface area contributed by atoms with Gasteiger partial charge in [0.1, 0.15) is 5.82 Å². The zero-order valence-corrected chi connectivity index (χ0v) is 20.5. The van der Waals surface area contributed by atoms with Crippen LogP contribution in [0.2, 0.25) is 5.02 Å². The van der Waals surface area contributed by atoms with Gasteiger partial charge in [-0.05, 0) is 75.8 Å². The Bertz CT molecular complexity index is 1130. The lowest BCUT2D eigenvalue weighted by atomic mass is 10.1. The molecule has 0 aromatic heterocycles. The van der Waals surface area contributed by atoms with E-state index in [0.717, 1.165) is 22.7 Å². The number of rotatable bonds is 7. The Morgan fingerprint density at radius 2 is 2.00 bits per heavy atom. The molecule has 1 fully saturated rings. The van der Waals surface area contributed by atoms with Crippen LogP contribution in [-0.4, -0.2) is 42.8 Å². The van der Waals surface area contributed by atoms with Crippen LogP contribution in [0, 0.1) is 9.39 Å². The Kier molecular flexibility index (Phi) is 8.01. The number of amides is 2. The molecule has 0 bridgehead atoms. The predicted molar refractivity (Wildman–Crippen MR) is 126 cm³/mol. The lowest BCUT2D eigenvalue weighted by molar-refractivity contribution is -0.143. The van der Waals surface area contributed by atoms with E-state index >= 15 is 0 Å². The second-order valence-corrected chi connectivity index (χ2v) is 8.97. The number of esters is 1. The van der Waals surface area contributed by atoms with Gasteiger partial charge in [-0.1, -0.05) is 17.7 Å². The van der Waals surface area contributed by atoms with Gasteiger partial charge in [-0.25, -0.2) is 9.18 Å². The zero-order chi connectivity index (χ0) is 23.4. The van der Waals surface area contributed by atoms with Crippen molar-refractivity contribution in [1.29, 1.82) is 0 Å². The Hall–Kier alpha value is -2.31. The van der Waals surface area contributed by atoms with Crippen LogP contribution in [-0.2, 0) is 20.9 Å². The zero-order valence-electron chi connectivity index (χ0n) is 16.8. The van der Waals surface area contributed by atoms with E-state index < -0.39 is 22.9 Å². The van der Waals surface area contributed by atoms with Crippen molar-refractivity contribution < 1.29 is 33.0 Å². The number of thioether (sulfide) groups is 1. The first-order chi connectivity index (χ1) is 15.2. The minimum atomic E-state index is -0.540. The molecule has 0 N–H and O–H groups in total. The van der Waals surface area contributed by atoms with Crippen molar-refractivity contribution in [3.8, 4) is 11.5 Å². The monoisotopic (exact) mass is 591 g/mol. The van der Waals surface area contributed by atoms with Gasteiger partial charge in [0.05, 0.1) is 29.2 Å². The highest BCUT2D eigenvalue weighted by molar-refractivity contribution is 14.1. The molecule has 0 radical (unpaired) electrons. The van der Waals surface area contributed by atoms with Crippen LogP contribution >= 0.6 is 46.0 Å². The van der Waals surface area contributed by atoms with Gasteiger partial charge in [0.2, 0.25) is 0 Å². The second-order valence-electron chi connectivity index (χ2n) is 6.40. The third-order valence-electron chi connectivity index (χ3n) is 4.33. The third-order valence-corrected chi connectivity index (χ3v) is 6.39. The average molecular weight is 592 g/mol. The minimum absolute atomic E-state index is 0.0672. The van der Waals surface area contributed by atoms with Crippen molar-refractivity contribution in [2.45, 2.75) is 6.54 Å². The van der Waals surface area contributed by atoms with E-state index in [1.807, 2.05) is 22.6 Å². The summed E-state index contributed by atoms with van der Waals surface area (Å²) < 4.78 is 29.3. The van der Waals surface area contributed by atoms with Crippen molar-refractivity contribution in [1.82, 2.24) is 4.90 Å². The summed E-state index contributed by atoms with van der Waals surface area (Å²) in [5, 5.41) is -0.323. The summed E-state index contributed by atoms with van der Waals surface area (Å²) in [5.74, 6) is -0.823. The molecule has 1 saturated heterocycles. The topological polar surface area (TPSA) is 82.1 Å². The molecule has 168 valence electrons. The number of carbonyl (C=O) groups excluding carboxylic acids is 3. The maximum atomic E-state index is 13.3. The number of methoxy groups -OCH3 is 2. The van der Waals surface area contributed by atoms with Crippen LogP contribution in [0.5, 0.6) is 11.5 Å². The van der Waals surface area contributed by atoms with E-state index in [2.05, 4.69) is 4.74 Å². The summed E-state index contributed by atoms with van der Waals surface area (Å²) in [6.45, 7) is -0.352. The summed E-state index contributed by atoms with van der Waals surface area (Å²) in [6.07, 6.45) is 1.56. The van der Waals surface area contributed by atoms with Crippen LogP contribution in [0.1, 0.15) is 11.1 Å². The first kappa shape index (κ1) is 24.3. The van der Waals surface area contributed by atoms with Crippen molar-refractivity contribution in [3.05, 3.63) is 60.8 Å². The maximum Gasteiger partial charge on any atom is 0.343 e. The summed E-state index contributed by atoms with van der Waals surface area (Å²) in [7, 11) is 2.70. The number of imide groups is 1. The molecule has 1 heterocycles. The highest BCUT2D eigenvalue weighted by atomic mass is 127. The molecule has 0 spiro atoms. The van der Waals surface area contributed by atoms with Gasteiger partial charge in [0.25, 0.3) is 11.1 Å². The number of carbonyl (C=O) groups is 3. The molecule has 0 atom stereocenters. The van der Waals surface area contributed by atoms with Gasteiger partial charge >= 0.3 is 5.97 Å². The van der Waals surface area contributed by atoms with E-state index in [4.69, 9.17) is 21.1 Å². The lowest BCUT2D eigenvalue weighted by Crippen LogP contribution is -2.27. The highest BCUT2D eigenvalue weighted by Crippen LogP contribution is 2.38. The van der Waals surface area contributed by atoms with Gasteiger partial charge in [-0.2, -0.15) is 0 Å². The quantitative estimate of drug-likeness (QED) is 0.258. The molecule has 1 aliphatic rings. The Morgan fingerprint density at radius 1 is 1.25 bits per heavy atom. The van der Waals surface area contributed by atoms with Gasteiger partial charge in [-0.15, -0.1) is 0 Å². The number of nitrogens with zero attached hydrogens (tertiary/aromatic N) is 1.